The number of nitrogens with one attached hydrogen (secondary N) is 1. The molecule has 1 atom stereocenters. The Balaban J connectivity index is 2.14. The van der Waals surface area contributed by atoms with E-state index < -0.39 is 17.3 Å². The molecule has 0 bridgehead atoms. The summed E-state index contributed by atoms with van der Waals surface area (Å²) in [5.74, 6) is -1.52. The zero-order valence-electron chi connectivity index (χ0n) is 13.6. The number of aliphatic carboxylic acids is 1. The van der Waals surface area contributed by atoms with Crippen molar-refractivity contribution in [1.29, 1.82) is 0 Å². The van der Waals surface area contributed by atoms with E-state index in [1.807, 2.05) is 0 Å². The molecule has 0 aliphatic carbocycles. The Morgan fingerprint density at radius 3 is 2.08 bits per heavy atom. The lowest BCUT2D eigenvalue weighted by atomic mass is 9.79. The standard InChI is InChI=1S/C19H19NO4/c1-13(21)14-8-10-16(11-9-14)20-17(22)12-19(2,18(23)24)15-6-4-3-5-7-15/h3-11H,12H2,1-2H3,(H,20,22)(H,23,24)/t19-/m1/s1. The first-order valence-electron chi connectivity index (χ1n) is 7.53. The highest BCUT2D eigenvalue weighted by Gasteiger charge is 2.37. The van der Waals surface area contributed by atoms with E-state index >= 15 is 0 Å². The second-order valence-electron chi connectivity index (χ2n) is 5.86. The number of anilines is 1. The topological polar surface area (TPSA) is 83.5 Å². The average molecular weight is 325 g/mol. The quantitative estimate of drug-likeness (QED) is 0.799. The minimum atomic E-state index is -1.31. The van der Waals surface area contributed by atoms with Crippen LogP contribution >= 0.6 is 0 Å². The van der Waals surface area contributed by atoms with E-state index in [0.29, 0.717) is 16.8 Å². The lowest BCUT2D eigenvalue weighted by molar-refractivity contribution is -0.145. The third-order valence-corrected chi connectivity index (χ3v) is 3.97. The summed E-state index contributed by atoms with van der Waals surface area (Å²) in [4.78, 5) is 35.2. The van der Waals surface area contributed by atoms with Crippen molar-refractivity contribution < 1.29 is 19.5 Å². The van der Waals surface area contributed by atoms with Crippen LogP contribution in [0.15, 0.2) is 54.6 Å². The van der Waals surface area contributed by atoms with Gasteiger partial charge in [-0.2, -0.15) is 0 Å². The molecule has 5 heteroatoms. The zero-order valence-corrected chi connectivity index (χ0v) is 13.6. The molecule has 0 radical (unpaired) electrons. The number of Topliss-reactive ketones (excluding diaryl/α,β-unsaturated/α-hetero) is 1. The number of ketones is 1. The third kappa shape index (κ3) is 3.87. The fourth-order valence-electron chi connectivity index (χ4n) is 2.42. The van der Waals surface area contributed by atoms with Crippen LogP contribution in [0.1, 0.15) is 36.2 Å². The second-order valence-corrected chi connectivity index (χ2v) is 5.86. The molecule has 0 fully saturated rings. The molecular weight excluding hydrogens is 306 g/mol. The molecule has 2 aromatic rings. The highest BCUT2D eigenvalue weighted by molar-refractivity contribution is 5.97. The number of carboxylic acid groups (broad SMARTS) is 1. The Morgan fingerprint density at radius 2 is 1.58 bits per heavy atom. The minimum absolute atomic E-state index is 0.0598. The van der Waals surface area contributed by atoms with Gasteiger partial charge in [0.05, 0.1) is 5.41 Å². The smallest absolute Gasteiger partial charge is 0.314 e. The highest BCUT2D eigenvalue weighted by atomic mass is 16.4. The molecule has 0 heterocycles. The summed E-state index contributed by atoms with van der Waals surface area (Å²) in [6, 6.07) is 15.2. The Bertz CT molecular complexity index is 753. The van der Waals surface area contributed by atoms with E-state index in [2.05, 4.69) is 5.32 Å². The van der Waals surface area contributed by atoms with E-state index in [-0.39, 0.29) is 12.2 Å². The Kier molecular flexibility index (Phi) is 5.14. The van der Waals surface area contributed by atoms with Crippen molar-refractivity contribution >= 4 is 23.3 Å². The summed E-state index contributed by atoms with van der Waals surface area (Å²) in [5.41, 5.74) is 0.322. The first-order valence-corrected chi connectivity index (χ1v) is 7.53. The summed E-state index contributed by atoms with van der Waals surface area (Å²) >= 11 is 0. The molecule has 0 saturated heterocycles. The molecule has 0 saturated carbocycles. The maximum atomic E-state index is 12.3. The molecule has 124 valence electrons. The van der Waals surface area contributed by atoms with E-state index in [4.69, 9.17) is 0 Å². The van der Waals surface area contributed by atoms with E-state index in [1.165, 1.54) is 13.8 Å². The molecule has 1 amide bonds. The van der Waals surface area contributed by atoms with Gasteiger partial charge in [0.25, 0.3) is 0 Å². The molecule has 0 aliphatic rings. The van der Waals surface area contributed by atoms with Gasteiger partial charge in [-0.3, -0.25) is 14.4 Å². The number of carbonyl (C=O) groups excluding carboxylic acids is 2. The van der Waals surface area contributed by atoms with Crippen molar-refractivity contribution in [1.82, 2.24) is 0 Å². The summed E-state index contributed by atoms with van der Waals surface area (Å²) in [5, 5.41) is 12.3. The number of carbonyl (C=O) groups is 3. The number of hydrogen-bond acceptors (Lipinski definition) is 3. The van der Waals surface area contributed by atoms with Gasteiger partial charge in [-0.05, 0) is 43.7 Å². The van der Waals surface area contributed by atoms with Crippen LogP contribution in [-0.2, 0) is 15.0 Å². The molecule has 0 aromatic heterocycles. The molecule has 0 spiro atoms. The predicted octanol–water partition coefficient (Wildman–Crippen LogP) is 3.26. The number of carboxylic acids is 1. The van der Waals surface area contributed by atoms with E-state index in [9.17, 15) is 19.5 Å². The first-order chi connectivity index (χ1) is 11.3. The number of rotatable bonds is 6. The monoisotopic (exact) mass is 325 g/mol. The summed E-state index contributed by atoms with van der Waals surface area (Å²) in [6.45, 7) is 2.99. The normalized spacial score (nSPS) is 12.9. The van der Waals surface area contributed by atoms with Crippen LogP contribution in [0.2, 0.25) is 0 Å². The predicted molar refractivity (Wildman–Crippen MR) is 91.1 cm³/mol. The van der Waals surface area contributed by atoms with Gasteiger partial charge in [-0.1, -0.05) is 30.3 Å². The average Bonchev–Trinajstić information content (AvgIpc) is 2.55. The Hall–Kier alpha value is -2.95. The molecule has 5 nitrogen and oxygen atoms in total. The molecule has 24 heavy (non-hydrogen) atoms. The van der Waals surface area contributed by atoms with Gasteiger partial charge in [-0.15, -0.1) is 0 Å². The van der Waals surface area contributed by atoms with Crippen LogP contribution in [0.3, 0.4) is 0 Å². The van der Waals surface area contributed by atoms with E-state index in [0.717, 1.165) is 0 Å². The van der Waals surface area contributed by atoms with Crippen molar-refractivity contribution in [2.24, 2.45) is 0 Å². The van der Waals surface area contributed by atoms with Gasteiger partial charge in [0.15, 0.2) is 5.78 Å². The number of benzene rings is 2. The summed E-state index contributed by atoms with van der Waals surface area (Å²) in [6.07, 6.45) is -0.194. The second kappa shape index (κ2) is 7.08. The molecule has 0 aliphatic heterocycles. The van der Waals surface area contributed by atoms with Crippen molar-refractivity contribution in [3.63, 3.8) is 0 Å². The first kappa shape index (κ1) is 17.4. The number of amides is 1. The Labute approximate surface area is 140 Å². The van der Waals surface area contributed by atoms with Gasteiger partial charge in [0.1, 0.15) is 0 Å². The summed E-state index contributed by atoms with van der Waals surface area (Å²) < 4.78 is 0. The summed E-state index contributed by atoms with van der Waals surface area (Å²) in [7, 11) is 0. The molecule has 0 unspecified atom stereocenters. The Morgan fingerprint density at radius 1 is 1.00 bits per heavy atom. The van der Waals surface area contributed by atoms with Gasteiger partial charge in [-0.25, -0.2) is 0 Å². The third-order valence-electron chi connectivity index (χ3n) is 3.97. The number of hydrogen-bond donors (Lipinski definition) is 2. The SMILES string of the molecule is CC(=O)c1ccc(NC(=O)C[C@@](C)(C(=O)O)c2ccccc2)cc1. The van der Waals surface area contributed by atoms with Crippen molar-refractivity contribution in [3.8, 4) is 0 Å². The molecule has 2 aromatic carbocycles. The van der Waals surface area contributed by atoms with Crippen LogP contribution in [0.5, 0.6) is 0 Å². The van der Waals surface area contributed by atoms with Gasteiger partial charge >= 0.3 is 5.97 Å². The van der Waals surface area contributed by atoms with Crippen LogP contribution < -0.4 is 5.32 Å². The van der Waals surface area contributed by atoms with Crippen LogP contribution in [-0.4, -0.2) is 22.8 Å². The van der Waals surface area contributed by atoms with Gasteiger partial charge in [0, 0.05) is 17.7 Å². The minimum Gasteiger partial charge on any atom is -0.481 e. The van der Waals surface area contributed by atoms with Crippen molar-refractivity contribution in [2.75, 3.05) is 5.32 Å². The van der Waals surface area contributed by atoms with Gasteiger partial charge in [0.2, 0.25) is 5.91 Å². The van der Waals surface area contributed by atoms with Crippen LogP contribution in [0.4, 0.5) is 5.69 Å². The lowest BCUT2D eigenvalue weighted by Gasteiger charge is -2.24. The van der Waals surface area contributed by atoms with E-state index in [1.54, 1.807) is 54.6 Å². The largest absolute Gasteiger partial charge is 0.481 e. The van der Waals surface area contributed by atoms with Crippen LogP contribution in [0.25, 0.3) is 0 Å². The molecule has 2 N–H and O–H groups in total. The fraction of sp³-hybridized carbons (Fsp3) is 0.211. The lowest BCUT2D eigenvalue weighted by Crippen LogP contribution is -2.36. The maximum absolute atomic E-state index is 12.3. The highest BCUT2D eigenvalue weighted by Crippen LogP contribution is 2.28. The van der Waals surface area contributed by atoms with Crippen molar-refractivity contribution in [2.45, 2.75) is 25.7 Å². The van der Waals surface area contributed by atoms with Crippen LogP contribution in [0, 0.1) is 0 Å². The maximum Gasteiger partial charge on any atom is 0.314 e. The fourth-order valence-corrected chi connectivity index (χ4v) is 2.42. The van der Waals surface area contributed by atoms with Gasteiger partial charge < -0.3 is 10.4 Å². The zero-order chi connectivity index (χ0) is 17.7. The van der Waals surface area contributed by atoms with Crippen molar-refractivity contribution in [3.05, 3.63) is 65.7 Å². The molecule has 2 rings (SSSR count). The molecular formula is C19H19NO4.